The van der Waals surface area contributed by atoms with E-state index in [4.69, 9.17) is 10.7 Å². The van der Waals surface area contributed by atoms with Gasteiger partial charge in [-0.05, 0) is 30.7 Å². The van der Waals surface area contributed by atoms with E-state index in [1.807, 2.05) is 54.7 Å². The minimum atomic E-state index is 0.732. The van der Waals surface area contributed by atoms with Crippen molar-refractivity contribution in [3.05, 3.63) is 60.3 Å². The number of fused-ring (bicyclic) bond motifs is 1. The van der Waals surface area contributed by atoms with E-state index in [2.05, 4.69) is 16.8 Å². The van der Waals surface area contributed by atoms with Gasteiger partial charge in [0.05, 0.1) is 17.2 Å². The lowest BCUT2D eigenvalue weighted by Gasteiger charge is -2.22. The van der Waals surface area contributed by atoms with Gasteiger partial charge in [0.15, 0.2) is 0 Å². The summed E-state index contributed by atoms with van der Waals surface area (Å²) in [5, 5.41) is 0. The number of benzene rings is 2. The summed E-state index contributed by atoms with van der Waals surface area (Å²) in [7, 11) is 0. The molecule has 0 atom stereocenters. The normalized spacial score (nSPS) is 10.7. The lowest BCUT2D eigenvalue weighted by Crippen LogP contribution is -2.23. The zero-order valence-corrected chi connectivity index (χ0v) is 12.0. The van der Waals surface area contributed by atoms with Gasteiger partial charge in [-0.3, -0.25) is 4.98 Å². The lowest BCUT2D eigenvalue weighted by molar-refractivity contribution is 0.815. The Labute approximate surface area is 124 Å². The van der Waals surface area contributed by atoms with Crippen LogP contribution in [0.25, 0.3) is 11.0 Å². The van der Waals surface area contributed by atoms with Crippen LogP contribution in [-0.2, 0) is 6.54 Å². The highest BCUT2D eigenvalue weighted by Gasteiger charge is 2.09. The van der Waals surface area contributed by atoms with Crippen LogP contribution in [0.5, 0.6) is 0 Å². The van der Waals surface area contributed by atoms with Crippen molar-refractivity contribution in [2.75, 3.05) is 17.2 Å². The summed E-state index contributed by atoms with van der Waals surface area (Å²) in [6, 6.07) is 15.8. The second-order valence-corrected chi connectivity index (χ2v) is 4.93. The van der Waals surface area contributed by atoms with Gasteiger partial charge < -0.3 is 10.6 Å². The topological polar surface area (TPSA) is 55.0 Å². The molecule has 0 amide bonds. The van der Waals surface area contributed by atoms with Crippen LogP contribution in [0.15, 0.2) is 54.7 Å². The molecular formula is C17H18N4. The third-order valence-electron chi connectivity index (χ3n) is 3.56. The van der Waals surface area contributed by atoms with Crippen molar-refractivity contribution in [2.24, 2.45) is 0 Å². The largest absolute Gasteiger partial charge is 0.398 e. The molecule has 0 aliphatic rings. The predicted molar refractivity (Wildman–Crippen MR) is 87.1 cm³/mol. The molecule has 0 saturated carbocycles. The van der Waals surface area contributed by atoms with Crippen molar-refractivity contribution in [1.29, 1.82) is 0 Å². The number of hydrogen-bond donors (Lipinski definition) is 1. The van der Waals surface area contributed by atoms with E-state index in [9.17, 15) is 0 Å². The molecule has 1 heterocycles. The second-order valence-electron chi connectivity index (χ2n) is 4.93. The number of aromatic nitrogens is 2. The first-order valence-corrected chi connectivity index (χ1v) is 7.08. The van der Waals surface area contributed by atoms with E-state index in [1.165, 1.54) is 0 Å². The van der Waals surface area contributed by atoms with E-state index in [1.54, 1.807) is 0 Å². The molecular weight excluding hydrogens is 260 g/mol. The summed E-state index contributed by atoms with van der Waals surface area (Å²) >= 11 is 0. The number of nitrogen functional groups attached to an aromatic ring is 1. The molecule has 4 heteroatoms. The highest BCUT2D eigenvalue weighted by molar-refractivity contribution is 5.75. The fraction of sp³-hybridized carbons (Fsp3) is 0.176. The second kappa shape index (κ2) is 5.79. The maximum Gasteiger partial charge on any atom is 0.148 e. The van der Waals surface area contributed by atoms with Gasteiger partial charge in [-0.25, -0.2) is 4.98 Å². The first kappa shape index (κ1) is 13.4. The quantitative estimate of drug-likeness (QED) is 0.744. The predicted octanol–water partition coefficient (Wildman–Crippen LogP) is 3.24. The van der Waals surface area contributed by atoms with E-state index >= 15 is 0 Å². The molecule has 106 valence electrons. The van der Waals surface area contributed by atoms with E-state index in [0.717, 1.165) is 41.2 Å². The van der Waals surface area contributed by atoms with Crippen LogP contribution in [0, 0.1) is 0 Å². The number of nitrogens with two attached hydrogens (primary N) is 1. The molecule has 0 spiro atoms. The fourth-order valence-corrected chi connectivity index (χ4v) is 2.34. The van der Waals surface area contributed by atoms with E-state index in [0.29, 0.717) is 0 Å². The number of nitrogens with zero attached hydrogens (tertiary/aromatic N) is 3. The van der Waals surface area contributed by atoms with Crippen LogP contribution in [0.1, 0.15) is 12.5 Å². The molecule has 3 aromatic rings. The van der Waals surface area contributed by atoms with Gasteiger partial charge in [0.25, 0.3) is 0 Å². The first-order valence-electron chi connectivity index (χ1n) is 7.08. The molecule has 3 rings (SSSR count). The number of para-hydroxylation sites is 3. The SMILES string of the molecule is CCN(Cc1ccccc1N)c1cnc2ccccc2n1. The van der Waals surface area contributed by atoms with Gasteiger partial charge >= 0.3 is 0 Å². The van der Waals surface area contributed by atoms with Gasteiger partial charge in [0.2, 0.25) is 0 Å². The Morgan fingerprint density at radius 2 is 1.71 bits per heavy atom. The third kappa shape index (κ3) is 2.79. The molecule has 4 nitrogen and oxygen atoms in total. The van der Waals surface area contributed by atoms with Crippen molar-refractivity contribution >= 4 is 22.5 Å². The fourth-order valence-electron chi connectivity index (χ4n) is 2.34. The van der Waals surface area contributed by atoms with Gasteiger partial charge in [0.1, 0.15) is 5.82 Å². The molecule has 0 saturated heterocycles. The minimum absolute atomic E-state index is 0.732. The van der Waals surface area contributed by atoms with Crippen molar-refractivity contribution in [2.45, 2.75) is 13.5 Å². The van der Waals surface area contributed by atoms with Crippen molar-refractivity contribution in [1.82, 2.24) is 9.97 Å². The summed E-state index contributed by atoms with van der Waals surface area (Å²) in [5.41, 5.74) is 9.77. The Morgan fingerprint density at radius 3 is 2.48 bits per heavy atom. The van der Waals surface area contributed by atoms with E-state index in [-0.39, 0.29) is 0 Å². The lowest BCUT2D eigenvalue weighted by atomic mass is 10.1. The van der Waals surface area contributed by atoms with Crippen LogP contribution in [0.2, 0.25) is 0 Å². The molecule has 1 aromatic heterocycles. The number of anilines is 2. The maximum atomic E-state index is 6.03. The first-order chi connectivity index (χ1) is 10.3. The molecule has 0 aliphatic carbocycles. The standard InChI is InChI=1S/C17H18N4/c1-2-21(12-13-7-3-4-8-14(13)18)17-11-19-15-9-5-6-10-16(15)20-17/h3-11H,2,12,18H2,1H3. The van der Waals surface area contributed by atoms with Gasteiger partial charge in [-0.2, -0.15) is 0 Å². The molecule has 0 aliphatic heterocycles. The molecule has 0 unspecified atom stereocenters. The number of hydrogen-bond acceptors (Lipinski definition) is 4. The summed E-state index contributed by atoms with van der Waals surface area (Å²) in [6.45, 7) is 3.69. The maximum absolute atomic E-state index is 6.03. The average Bonchev–Trinajstić information content (AvgIpc) is 2.54. The molecule has 2 N–H and O–H groups in total. The summed E-state index contributed by atoms with van der Waals surface area (Å²) in [4.78, 5) is 11.3. The van der Waals surface area contributed by atoms with Gasteiger partial charge in [0, 0.05) is 18.8 Å². The van der Waals surface area contributed by atoms with Crippen molar-refractivity contribution in [3.63, 3.8) is 0 Å². The highest BCUT2D eigenvalue weighted by Crippen LogP contribution is 2.19. The summed E-state index contributed by atoms with van der Waals surface area (Å²) in [6.07, 6.45) is 1.82. The van der Waals surface area contributed by atoms with Gasteiger partial charge in [-0.1, -0.05) is 30.3 Å². The molecule has 0 bridgehead atoms. The Balaban J connectivity index is 1.93. The summed E-state index contributed by atoms with van der Waals surface area (Å²) < 4.78 is 0. The third-order valence-corrected chi connectivity index (χ3v) is 3.56. The van der Waals surface area contributed by atoms with Crippen LogP contribution in [-0.4, -0.2) is 16.5 Å². The minimum Gasteiger partial charge on any atom is -0.398 e. The van der Waals surface area contributed by atoms with E-state index < -0.39 is 0 Å². The van der Waals surface area contributed by atoms with Crippen LogP contribution >= 0.6 is 0 Å². The highest BCUT2D eigenvalue weighted by atomic mass is 15.2. The molecule has 21 heavy (non-hydrogen) atoms. The zero-order chi connectivity index (χ0) is 14.7. The Hall–Kier alpha value is -2.62. The van der Waals surface area contributed by atoms with Crippen molar-refractivity contribution in [3.8, 4) is 0 Å². The van der Waals surface area contributed by atoms with Crippen LogP contribution in [0.4, 0.5) is 11.5 Å². The monoisotopic (exact) mass is 278 g/mol. The average molecular weight is 278 g/mol. The molecule has 0 radical (unpaired) electrons. The van der Waals surface area contributed by atoms with Gasteiger partial charge in [-0.15, -0.1) is 0 Å². The molecule has 0 fully saturated rings. The van der Waals surface area contributed by atoms with Crippen LogP contribution in [0.3, 0.4) is 0 Å². The zero-order valence-electron chi connectivity index (χ0n) is 12.0. The Morgan fingerprint density at radius 1 is 1.00 bits per heavy atom. The Kier molecular flexibility index (Phi) is 3.69. The number of rotatable bonds is 4. The summed E-state index contributed by atoms with van der Waals surface area (Å²) in [5.74, 6) is 0.874. The van der Waals surface area contributed by atoms with Crippen molar-refractivity contribution < 1.29 is 0 Å². The Bertz CT molecular complexity index is 754. The molecule has 2 aromatic carbocycles. The smallest absolute Gasteiger partial charge is 0.148 e. The van der Waals surface area contributed by atoms with Crippen LogP contribution < -0.4 is 10.6 Å².